The lowest BCUT2D eigenvalue weighted by Crippen LogP contribution is -2.61. The van der Waals surface area contributed by atoms with Gasteiger partial charge in [-0.2, -0.15) is 16.1 Å². The quantitative estimate of drug-likeness (QED) is 0.198. The molecule has 1 aromatic carbocycles. The van der Waals surface area contributed by atoms with E-state index < -0.39 is 38.4 Å². The fourth-order valence-corrected chi connectivity index (χ4v) is 6.61. The van der Waals surface area contributed by atoms with Gasteiger partial charge < -0.3 is 14.8 Å². The molecule has 2 amide bonds. The Kier molecular flexibility index (Phi) is 10.5. The van der Waals surface area contributed by atoms with Gasteiger partial charge in [0.05, 0.1) is 4.90 Å². The highest BCUT2D eigenvalue weighted by molar-refractivity contribution is 8.00. The van der Waals surface area contributed by atoms with Crippen LogP contribution < -0.4 is 15.5 Å². The Morgan fingerprint density at radius 2 is 1.89 bits per heavy atom. The molecule has 1 aromatic rings. The van der Waals surface area contributed by atoms with E-state index in [9.17, 15) is 18.0 Å². The maximum absolute atomic E-state index is 13.3. The first-order valence-corrected chi connectivity index (χ1v) is 14.0. The Labute approximate surface area is 217 Å². The van der Waals surface area contributed by atoms with Crippen LogP contribution in [0.4, 0.5) is 4.79 Å². The Bertz CT molecular complexity index is 1070. The van der Waals surface area contributed by atoms with E-state index in [0.29, 0.717) is 30.9 Å². The summed E-state index contributed by atoms with van der Waals surface area (Å²) in [5.74, 6) is 6.04. The van der Waals surface area contributed by atoms with Gasteiger partial charge in [0.15, 0.2) is 0 Å². The minimum atomic E-state index is -3.98. The van der Waals surface area contributed by atoms with Crippen LogP contribution in [0.1, 0.15) is 47.5 Å². The summed E-state index contributed by atoms with van der Waals surface area (Å²) < 4.78 is 37.7. The molecule has 12 heteroatoms. The number of hydroxylamine groups is 1. The zero-order valence-electron chi connectivity index (χ0n) is 21.3. The molecule has 0 aliphatic carbocycles. The predicted molar refractivity (Wildman–Crippen MR) is 137 cm³/mol. The van der Waals surface area contributed by atoms with Crippen molar-refractivity contribution in [2.24, 2.45) is 0 Å². The smallest absolute Gasteiger partial charge is 0.407 e. The van der Waals surface area contributed by atoms with Crippen LogP contribution in [0.5, 0.6) is 5.75 Å². The summed E-state index contributed by atoms with van der Waals surface area (Å²) in [6, 6.07) is 4.84. The zero-order valence-corrected chi connectivity index (χ0v) is 22.9. The molecule has 1 fully saturated rings. The first-order valence-electron chi connectivity index (χ1n) is 11.5. The van der Waals surface area contributed by atoms with Gasteiger partial charge in [-0.15, -0.1) is 0 Å². The van der Waals surface area contributed by atoms with Gasteiger partial charge in [0.1, 0.15) is 24.0 Å². The number of benzene rings is 1. The van der Waals surface area contributed by atoms with Gasteiger partial charge >= 0.3 is 6.09 Å². The maximum Gasteiger partial charge on any atom is 0.407 e. The first kappa shape index (κ1) is 29.8. The van der Waals surface area contributed by atoms with Gasteiger partial charge in [0.2, 0.25) is 10.0 Å². The molecular weight excluding hydrogens is 506 g/mol. The molecule has 0 aromatic heterocycles. The fraction of sp³-hybridized carbons (Fsp3) is 0.583. The third-order valence-corrected chi connectivity index (χ3v) is 8.34. The normalized spacial score (nSPS) is 17.9. The SMILES string of the molecule is CC(C)(C)OC(=O)NCCCC#CCOc1ccc(S(=O)(=O)N2CCSC(C)(C)[C@@H]2C(=O)NO)cc1. The van der Waals surface area contributed by atoms with E-state index in [1.54, 1.807) is 40.1 Å². The van der Waals surface area contributed by atoms with E-state index in [2.05, 4.69) is 17.2 Å². The number of thioether (sulfide) groups is 1. The van der Waals surface area contributed by atoms with Crippen molar-refractivity contribution < 1.29 is 32.7 Å². The highest BCUT2D eigenvalue weighted by atomic mass is 32.2. The van der Waals surface area contributed by atoms with Gasteiger partial charge in [0, 0.05) is 30.0 Å². The molecule has 1 heterocycles. The lowest BCUT2D eigenvalue weighted by molar-refractivity contribution is -0.134. The predicted octanol–water partition coefficient (Wildman–Crippen LogP) is 2.76. The Balaban J connectivity index is 1.88. The highest BCUT2D eigenvalue weighted by Crippen LogP contribution is 2.38. The Hall–Kier alpha value is -2.46. The largest absolute Gasteiger partial charge is 0.481 e. The minimum absolute atomic E-state index is 0.0249. The summed E-state index contributed by atoms with van der Waals surface area (Å²) in [6.45, 7) is 9.67. The Morgan fingerprint density at radius 3 is 2.50 bits per heavy atom. The summed E-state index contributed by atoms with van der Waals surface area (Å²) in [4.78, 5) is 23.9. The zero-order chi connectivity index (χ0) is 27.0. The number of carbonyl (C=O) groups is 2. The number of alkyl carbamates (subject to hydrolysis) is 1. The number of sulfonamides is 1. The highest BCUT2D eigenvalue weighted by Gasteiger charge is 2.48. The number of ether oxygens (including phenoxy) is 2. The van der Waals surface area contributed by atoms with E-state index in [4.69, 9.17) is 14.7 Å². The van der Waals surface area contributed by atoms with E-state index in [-0.39, 0.29) is 18.0 Å². The molecule has 10 nitrogen and oxygen atoms in total. The number of hydrogen-bond acceptors (Lipinski definition) is 8. The number of unbranched alkanes of at least 4 members (excludes halogenated alkanes) is 1. The third-order valence-electron chi connectivity index (χ3n) is 5.10. The van der Waals surface area contributed by atoms with Crippen molar-refractivity contribution in [3.63, 3.8) is 0 Å². The molecule has 200 valence electrons. The molecule has 1 saturated heterocycles. The van der Waals surface area contributed by atoms with Gasteiger partial charge in [-0.25, -0.2) is 18.7 Å². The van der Waals surface area contributed by atoms with Crippen LogP contribution in [-0.2, 0) is 19.6 Å². The molecular formula is C24H35N3O7S2. The molecule has 1 atom stereocenters. The first-order chi connectivity index (χ1) is 16.8. The standard InChI is InChI=1S/C24H35N3O7S2/c1-23(2,3)34-22(29)25-14-8-6-7-9-16-33-18-10-12-19(13-11-18)36(31,32)27-15-17-35-24(4,5)20(27)21(28)26-30/h10-13,20,30H,6,8,14-17H2,1-5H3,(H,25,29)(H,26,28)/t20-/m0/s1. The molecule has 0 spiro atoms. The molecule has 0 bridgehead atoms. The van der Waals surface area contributed by atoms with Crippen LogP contribution in [0.3, 0.4) is 0 Å². The second-order valence-corrected chi connectivity index (χ2v) is 13.2. The van der Waals surface area contributed by atoms with Crippen LogP contribution in [0.15, 0.2) is 29.2 Å². The average Bonchev–Trinajstić information content (AvgIpc) is 2.78. The van der Waals surface area contributed by atoms with Gasteiger partial charge in [0.25, 0.3) is 5.91 Å². The van der Waals surface area contributed by atoms with Crippen LogP contribution >= 0.6 is 11.8 Å². The summed E-state index contributed by atoms with van der Waals surface area (Å²) >= 11 is 1.47. The van der Waals surface area contributed by atoms with Crippen molar-refractivity contribution in [2.45, 2.75) is 68.7 Å². The number of rotatable bonds is 8. The fourth-order valence-electron chi connectivity index (χ4n) is 3.50. The van der Waals surface area contributed by atoms with Crippen molar-refractivity contribution >= 4 is 33.8 Å². The van der Waals surface area contributed by atoms with Crippen molar-refractivity contribution in [2.75, 3.05) is 25.4 Å². The van der Waals surface area contributed by atoms with Gasteiger partial charge in [-0.05, 0) is 65.3 Å². The molecule has 0 radical (unpaired) electrons. The topological polar surface area (TPSA) is 134 Å². The van der Waals surface area contributed by atoms with E-state index in [1.165, 1.54) is 36.0 Å². The third kappa shape index (κ3) is 8.58. The molecule has 0 saturated carbocycles. The molecule has 2 rings (SSSR count). The van der Waals surface area contributed by atoms with Crippen LogP contribution in [0.2, 0.25) is 0 Å². The maximum atomic E-state index is 13.3. The summed E-state index contributed by atoms with van der Waals surface area (Å²) in [7, 11) is -3.98. The lowest BCUT2D eigenvalue weighted by atomic mass is 10.0. The van der Waals surface area contributed by atoms with Crippen molar-refractivity contribution in [3.05, 3.63) is 24.3 Å². The second-order valence-electron chi connectivity index (χ2n) is 9.59. The van der Waals surface area contributed by atoms with Gasteiger partial charge in [-0.1, -0.05) is 11.8 Å². The second kappa shape index (κ2) is 12.7. The molecule has 36 heavy (non-hydrogen) atoms. The number of hydrogen-bond donors (Lipinski definition) is 3. The average molecular weight is 542 g/mol. The van der Waals surface area contributed by atoms with Crippen molar-refractivity contribution in [1.82, 2.24) is 15.1 Å². The Morgan fingerprint density at radius 1 is 1.22 bits per heavy atom. The monoisotopic (exact) mass is 541 g/mol. The number of nitrogens with one attached hydrogen (secondary N) is 2. The van der Waals surface area contributed by atoms with Crippen LogP contribution in [-0.4, -0.2) is 71.8 Å². The summed E-state index contributed by atoms with van der Waals surface area (Å²) in [6.07, 6.45) is 0.780. The molecule has 0 unspecified atom stereocenters. The molecule has 1 aliphatic rings. The van der Waals surface area contributed by atoms with Crippen molar-refractivity contribution in [1.29, 1.82) is 0 Å². The number of nitrogens with zero attached hydrogens (tertiary/aromatic N) is 1. The molecule has 3 N–H and O–H groups in total. The summed E-state index contributed by atoms with van der Waals surface area (Å²) in [5, 5.41) is 11.8. The summed E-state index contributed by atoms with van der Waals surface area (Å²) in [5.41, 5.74) is 1.06. The van der Waals surface area contributed by atoms with E-state index in [0.717, 1.165) is 4.31 Å². The number of amides is 2. The van der Waals surface area contributed by atoms with E-state index in [1.807, 2.05) is 0 Å². The van der Waals surface area contributed by atoms with Crippen LogP contribution in [0.25, 0.3) is 0 Å². The minimum Gasteiger partial charge on any atom is -0.481 e. The number of carbonyl (C=O) groups excluding carboxylic acids is 2. The van der Waals surface area contributed by atoms with E-state index >= 15 is 0 Å². The lowest BCUT2D eigenvalue weighted by Gasteiger charge is -2.43. The van der Waals surface area contributed by atoms with Gasteiger partial charge in [-0.3, -0.25) is 10.0 Å². The van der Waals surface area contributed by atoms with Crippen LogP contribution in [0, 0.1) is 11.8 Å². The molecule has 1 aliphatic heterocycles. The van der Waals surface area contributed by atoms with Crippen molar-refractivity contribution in [3.8, 4) is 17.6 Å².